The van der Waals surface area contributed by atoms with Crippen LogP contribution < -0.4 is 20.3 Å². The quantitative estimate of drug-likeness (QED) is 0.408. The highest BCUT2D eigenvalue weighted by molar-refractivity contribution is 7.90. The molecule has 0 aromatic heterocycles. The second kappa shape index (κ2) is 9.65. The molecule has 0 amide bonds. The summed E-state index contributed by atoms with van der Waals surface area (Å²) in [6.45, 7) is 2.99. The third-order valence-corrected chi connectivity index (χ3v) is 5.92. The normalized spacial score (nSPS) is 17.2. The van der Waals surface area contributed by atoms with Gasteiger partial charge in [0.15, 0.2) is 15.8 Å². The maximum Gasteiger partial charge on any atom is 0.191 e. The van der Waals surface area contributed by atoms with Gasteiger partial charge in [0, 0.05) is 38.1 Å². The van der Waals surface area contributed by atoms with Gasteiger partial charge in [-0.25, -0.2) is 8.42 Å². The molecule has 1 fully saturated rings. The number of aliphatic imine (C=N–C) groups is 1. The number of hydrogen-bond donors (Lipinski definition) is 2. The number of para-hydroxylation sites is 1. The molecule has 0 saturated carbocycles. The molecule has 1 aliphatic heterocycles. The largest absolute Gasteiger partial charge is 0.492 e. The number of nitrogens with one attached hydrogen (secondary N) is 2. The lowest BCUT2D eigenvalue weighted by molar-refractivity contribution is 0.321. The van der Waals surface area contributed by atoms with E-state index in [1.165, 1.54) is 11.9 Å². The summed E-state index contributed by atoms with van der Waals surface area (Å²) in [5.74, 6) is 1.39. The number of guanidine groups is 1. The van der Waals surface area contributed by atoms with E-state index < -0.39 is 9.84 Å². The Morgan fingerprint density at radius 2 is 1.90 bits per heavy atom. The Hall–Kier alpha value is -2.74. The molecule has 7 nitrogen and oxygen atoms in total. The molecule has 1 heterocycles. The topological polar surface area (TPSA) is 83.0 Å². The van der Waals surface area contributed by atoms with Crippen LogP contribution in [-0.4, -0.2) is 60.0 Å². The maximum atomic E-state index is 11.5. The van der Waals surface area contributed by atoms with Gasteiger partial charge in [0.2, 0.25) is 0 Å². The van der Waals surface area contributed by atoms with Gasteiger partial charge < -0.3 is 20.3 Å². The van der Waals surface area contributed by atoms with Crippen molar-refractivity contribution in [3.05, 3.63) is 54.6 Å². The molecule has 2 aromatic carbocycles. The van der Waals surface area contributed by atoms with Gasteiger partial charge in [0.05, 0.1) is 11.4 Å². The minimum atomic E-state index is -3.19. The fraction of sp³-hybridized carbons (Fsp3) is 0.381. The van der Waals surface area contributed by atoms with Crippen LogP contribution in [0.25, 0.3) is 0 Å². The van der Waals surface area contributed by atoms with Gasteiger partial charge in [-0.15, -0.1) is 0 Å². The summed E-state index contributed by atoms with van der Waals surface area (Å²) in [7, 11) is -1.43. The lowest BCUT2D eigenvalue weighted by Gasteiger charge is -2.20. The van der Waals surface area contributed by atoms with Crippen LogP contribution in [0.15, 0.2) is 64.5 Å². The van der Waals surface area contributed by atoms with Crippen molar-refractivity contribution < 1.29 is 13.2 Å². The number of rotatable bonds is 7. The van der Waals surface area contributed by atoms with E-state index in [-0.39, 0.29) is 4.90 Å². The van der Waals surface area contributed by atoms with Crippen molar-refractivity contribution in [3.8, 4) is 5.75 Å². The summed E-state index contributed by atoms with van der Waals surface area (Å²) < 4.78 is 28.6. The van der Waals surface area contributed by atoms with Crippen molar-refractivity contribution in [2.75, 3.05) is 44.4 Å². The molecule has 2 aromatic rings. The minimum absolute atomic E-state index is 0.286. The van der Waals surface area contributed by atoms with E-state index in [2.05, 4.69) is 44.8 Å². The van der Waals surface area contributed by atoms with Gasteiger partial charge in [-0.3, -0.25) is 4.99 Å². The average Bonchev–Trinajstić information content (AvgIpc) is 3.19. The number of sulfone groups is 1. The third kappa shape index (κ3) is 6.12. The van der Waals surface area contributed by atoms with Gasteiger partial charge >= 0.3 is 0 Å². The second-order valence-corrected chi connectivity index (χ2v) is 9.02. The predicted molar refractivity (Wildman–Crippen MR) is 117 cm³/mol. The van der Waals surface area contributed by atoms with E-state index >= 15 is 0 Å². The molecule has 1 unspecified atom stereocenters. The SMILES string of the molecule is CN=C(NCCOc1ccc(S(C)(=O)=O)cc1)NC1CCN(c2ccccc2)C1. The highest BCUT2D eigenvalue weighted by Crippen LogP contribution is 2.19. The van der Waals surface area contributed by atoms with E-state index in [0.29, 0.717) is 24.9 Å². The summed E-state index contributed by atoms with van der Waals surface area (Å²) >= 11 is 0. The molecule has 2 N–H and O–H groups in total. The van der Waals surface area contributed by atoms with Gasteiger partial charge in [-0.2, -0.15) is 0 Å². The number of anilines is 1. The monoisotopic (exact) mass is 416 g/mol. The smallest absolute Gasteiger partial charge is 0.191 e. The summed E-state index contributed by atoms with van der Waals surface area (Å²) in [4.78, 5) is 6.94. The molecule has 0 bridgehead atoms. The lowest BCUT2D eigenvalue weighted by atomic mass is 10.3. The molecule has 0 aliphatic carbocycles. The Bertz CT molecular complexity index is 915. The Balaban J connectivity index is 1.40. The highest BCUT2D eigenvalue weighted by atomic mass is 32.2. The lowest BCUT2D eigenvalue weighted by Crippen LogP contribution is -2.45. The molecule has 156 valence electrons. The van der Waals surface area contributed by atoms with Crippen LogP contribution in [0.3, 0.4) is 0 Å². The fourth-order valence-electron chi connectivity index (χ4n) is 3.26. The van der Waals surface area contributed by atoms with Crippen molar-refractivity contribution in [2.45, 2.75) is 17.4 Å². The third-order valence-electron chi connectivity index (χ3n) is 4.79. The Morgan fingerprint density at radius 3 is 2.55 bits per heavy atom. The first-order chi connectivity index (χ1) is 14.0. The van der Waals surface area contributed by atoms with E-state index in [4.69, 9.17) is 4.74 Å². The van der Waals surface area contributed by atoms with Crippen LogP contribution in [0, 0.1) is 0 Å². The van der Waals surface area contributed by atoms with Crippen molar-refractivity contribution in [1.82, 2.24) is 10.6 Å². The maximum absolute atomic E-state index is 11.5. The molecule has 29 heavy (non-hydrogen) atoms. The molecule has 0 spiro atoms. The first-order valence-electron chi connectivity index (χ1n) is 9.66. The summed E-state index contributed by atoms with van der Waals surface area (Å²) in [6.07, 6.45) is 2.24. The van der Waals surface area contributed by atoms with Crippen LogP contribution in [-0.2, 0) is 9.84 Å². The standard InChI is InChI=1S/C21H28N4O3S/c1-22-21(24-17-12-14-25(16-17)18-6-4-3-5-7-18)23-13-15-28-19-8-10-20(11-9-19)29(2,26)27/h3-11,17H,12-16H2,1-2H3,(H2,22,23,24). The first kappa shape index (κ1) is 21.0. The van der Waals surface area contributed by atoms with Crippen LogP contribution in [0.4, 0.5) is 5.69 Å². The molecule has 0 radical (unpaired) electrons. The molecular formula is C21H28N4O3S. The zero-order chi connectivity index (χ0) is 20.7. The molecule has 1 atom stereocenters. The Morgan fingerprint density at radius 1 is 1.17 bits per heavy atom. The van der Waals surface area contributed by atoms with Crippen molar-refractivity contribution in [1.29, 1.82) is 0 Å². The first-order valence-corrected chi connectivity index (χ1v) is 11.5. The molecule has 1 saturated heterocycles. The van der Waals surface area contributed by atoms with Gasteiger partial charge in [0.25, 0.3) is 0 Å². The van der Waals surface area contributed by atoms with Gasteiger partial charge in [-0.05, 0) is 42.8 Å². The fourth-order valence-corrected chi connectivity index (χ4v) is 3.89. The average molecular weight is 417 g/mol. The summed E-state index contributed by atoms with van der Waals surface area (Å²) in [6, 6.07) is 17.2. The minimum Gasteiger partial charge on any atom is -0.492 e. The van der Waals surface area contributed by atoms with E-state index in [0.717, 1.165) is 25.5 Å². The molecular weight excluding hydrogens is 388 g/mol. The second-order valence-electron chi connectivity index (χ2n) is 7.00. The Labute approximate surface area is 172 Å². The summed E-state index contributed by atoms with van der Waals surface area (Å²) in [5.41, 5.74) is 1.25. The number of nitrogens with zero attached hydrogens (tertiary/aromatic N) is 2. The number of ether oxygens (including phenoxy) is 1. The van der Waals surface area contributed by atoms with Crippen molar-refractivity contribution in [3.63, 3.8) is 0 Å². The van der Waals surface area contributed by atoms with Crippen LogP contribution in [0.1, 0.15) is 6.42 Å². The zero-order valence-electron chi connectivity index (χ0n) is 16.8. The molecule has 3 rings (SSSR count). The van der Waals surface area contributed by atoms with Crippen molar-refractivity contribution in [2.24, 2.45) is 4.99 Å². The Kier molecular flexibility index (Phi) is 6.98. The number of hydrogen-bond acceptors (Lipinski definition) is 5. The van der Waals surface area contributed by atoms with Gasteiger partial charge in [-0.1, -0.05) is 18.2 Å². The molecule has 8 heteroatoms. The number of benzene rings is 2. The zero-order valence-corrected chi connectivity index (χ0v) is 17.7. The van der Waals surface area contributed by atoms with Crippen molar-refractivity contribution >= 4 is 21.5 Å². The van der Waals surface area contributed by atoms with Crippen LogP contribution in [0.2, 0.25) is 0 Å². The highest BCUT2D eigenvalue weighted by Gasteiger charge is 2.23. The van der Waals surface area contributed by atoms with E-state index in [1.807, 2.05) is 6.07 Å². The molecule has 1 aliphatic rings. The van der Waals surface area contributed by atoms with E-state index in [9.17, 15) is 8.42 Å². The van der Waals surface area contributed by atoms with Gasteiger partial charge in [0.1, 0.15) is 12.4 Å². The van der Waals surface area contributed by atoms with E-state index in [1.54, 1.807) is 31.3 Å². The van der Waals surface area contributed by atoms with Crippen LogP contribution >= 0.6 is 0 Å². The van der Waals surface area contributed by atoms with Crippen LogP contribution in [0.5, 0.6) is 5.75 Å². The summed E-state index contributed by atoms with van der Waals surface area (Å²) in [5, 5.41) is 6.72. The predicted octanol–water partition coefficient (Wildman–Crippen LogP) is 1.91.